The van der Waals surface area contributed by atoms with Gasteiger partial charge in [-0.15, -0.1) is 12.3 Å². The number of rotatable bonds is 7. The first kappa shape index (κ1) is 14.1. The summed E-state index contributed by atoms with van der Waals surface area (Å²) in [5.41, 5.74) is 7.43. The molecule has 0 bridgehead atoms. The van der Waals surface area contributed by atoms with Gasteiger partial charge in [0.05, 0.1) is 11.4 Å². The van der Waals surface area contributed by atoms with E-state index >= 15 is 0 Å². The molecule has 1 aromatic heterocycles. The van der Waals surface area contributed by atoms with E-state index in [1.54, 1.807) is 0 Å². The lowest BCUT2D eigenvalue weighted by Gasteiger charge is -2.03. The summed E-state index contributed by atoms with van der Waals surface area (Å²) in [5.74, 6) is 2.33. The van der Waals surface area contributed by atoms with E-state index in [9.17, 15) is 4.79 Å². The molecule has 1 aromatic rings. The Morgan fingerprint density at radius 2 is 2.33 bits per heavy atom. The fourth-order valence-electron chi connectivity index (χ4n) is 1.64. The summed E-state index contributed by atoms with van der Waals surface area (Å²) in [6, 6.07) is 0. The topological polar surface area (TPSA) is 83.8 Å². The van der Waals surface area contributed by atoms with Crippen LogP contribution in [0.15, 0.2) is 0 Å². The van der Waals surface area contributed by atoms with Crippen molar-refractivity contribution in [2.45, 2.75) is 39.0 Å². The molecule has 0 radical (unpaired) electrons. The van der Waals surface area contributed by atoms with Crippen LogP contribution in [0.4, 0.5) is 5.69 Å². The van der Waals surface area contributed by atoms with Crippen molar-refractivity contribution in [2.24, 2.45) is 0 Å². The lowest BCUT2D eigenvalue weighted by atomic mass is 10.2. The first-order valence-electron chi connectivity index (χ1n) is 6.25. The quantitative estimate of drug-likeness (QED) is 0.505. The average Bonchev–Trinajstić information content (AvgIpc) is 2.71. The molecule has 18 heavy (non-hydrogen) atoms. The van der Waals surface area contributed by atoms with Crippen LogP contribution < -0.4 is 11.1 Å². The van der Waals surface area contributed by atoms with E-state index in [1.165, 1.54) is 0 Å². The van der Waals surface area contributed by atoms with Crippen molar-refractivity contribution in [3.8, 4) is 12.3 Å². The highest BCUT2D eigenvalue weighted by Gasteiger charge is 2.15. The Labute approximate surface area is 108 Å². The van der Waals surface area contributed by atoms with Crippen molar-refractivity contribution in [1.29, 1.82) is 0 Å². The first-order chi connectivity index (χ1) is 8.70. The Balaban J connectivity index is 2.44. The fraction of sp³-hybridized carbons (Fsp3) is 0.538. The number of carbonyl (C=O) groups is 1. The first-order valence-corrected chi connectivity index (χ1v) is 6.25. The van der Waals surface area contributed by atoms with Gasteiger partial charge in [0.1, 0.15) is 0 Å². The molecule has 5 heteroatoms. The van der Waals surface area contributed by atoms with E-state index in [1.807, 2.05) is 6.92 Å². The Morgan fingerprint density at radius 1 is 1.56 bits per heavy atom. The van der Waals surface area contributed by atoms with Gasteiger partial charge >= 0.3 is 0 Å². The summed E-state index contributed by atoms with van der Waals surface area (Å²) in [6.45, 7) is 2.64. The van der Waals surface area contributed by atoms with Gasteiger partial charge in [-0.1, -0.05) is 13.3 Å². The van der Waals surface area contributed by atoms with E-state index in [2.05, 4.69) is 21.4 Å². The van der Waals surface area contributed by atoms with Gasteiger partial charge in [-0.2, -0.15) is 5.10 Å². The minimum Gasteiger partial charge on any atom is -0.395 e. The van der Waals surface area contributed by atoms with Crippen LogP contribution in [0.2, 0.25) is 0 Å². The Kier molecular flexibility index (Phi) is 5.78. The second-order valence-electron chi connectivity index (χ2n) is 4.13. The zero-order valence-electron chi connectivity index (χ0n) is 10.8. The van der Waals surface area contributed by atoms with E-state index in [4.69, 9.17) is 12.2 Å². The molecular formula is C13H20N4O. The number of hydrogen-bond acceptors (Lipinski definition) is 3. The number of aromatic amines is 1. The van der Waals surface area contributed by atoms with Gasteiger partial charge in [-0.05, 0) is 19.3 Å². The van der Waals surface area contributed by atoms with Crippen LogP contribution in [0.5, 0.6) is 0 Å². The molecule has 0 atom stereocenters. The number of hydrogen-bond donors (Lipinski definition) is 3. The molecule has 1 rings (SSSR count). The predicted molar refractivity (Wildman–Crippen MR) is 72.0 cm³/mol. The highest BCUT2D eigenvalue weighted by molar-refractivity contribution is 5.97. The Hall–Kier alpha value is -1.96. The molecule has 5 nitrogen and oxygen atoms in total. The van der Waals surface area contributed by atoms with Crippen molar-refractivity contribution in [3.63, 3.8) is 0 Å². The second kappa shape index (κ2) is 7.38. The lowest BCUT2D eigenvalue weighted by molar-refractivity contribution is 0.0949. The largest absolute Gasteiger partial charge is 0.395 e. The van der Waals surface area contributed by atoms with Crippen LogP contribution >= 0.6 is 0 Å². The summed E-state index contributed by atoms with van der Waals surface area (Å²) in [6.07, 6.45) is 9.41. The van der Waals surface area contributed by atoms with E-state index in [-0.39, 0.29) is 11.6 Å². The number of nitrogens with one attached hydrogen (secondary N) is 2. The van der Waals surface area contributed by atoms with Crippen LogP contribution in [0.3, 0.4) is 0 Å². The molecule has 0 aliphatic carbocycles. The smallest absolute Gasteiger partial charge is 0.273 e. The van der Waals surface area contributed by atoms with Gasteiger partial charge in [-0.25, -0.2) is 0 Å². The van der Waals surface area contributed by atoms with Crippen LogP contribution in [-0.2, 0) is 6.42 Å². The number of nitrogens with zero attached hydrogens (tertiary/aromatic N) is 1. The van der Waals surface area contributed by atoms with Gasteiger partial charge in [0.2, 0.25) is 0 Å². The highest BCUT2D eigenvalue weighted by Crippen LogP contribution is 2.15. The molecule has 0 aliphatic heterocycles. The third kappa shape index (κ3) is 3.81. The number of carbonyl (C=O) groups excluding carboxylic acids is 1. The van der Waals surface area contributed by atoms with Crippen LogP contribution in [0.25, 0.3) is 0 Å². The predicted octanol–water partition coefficient (Wildman–Crippen LogP) is 1.48. The normalized spacial score (nSPS) is 10.0. The van der Waals surface area contributed by atoms with E-state index in [0.717, 1.165) is 37.8 Å². The molecule has 1 amide bonds. The number of unbranched alkanes of at least 4 members (excludes halogenated alkanes) is 2. The van der Waals surface area contributed by atoms with Gasteiger partial charge < -0.3 is 11.1 Å². The molecule has 4 N–H and O–H groups in total. The Bertz CT molecular complexity index is 431. The molecule has 0 aliphatic rings. The zero-order valence-corrected chi connectivity index (χ0v) is 10.8. The summed E-state index contributed by atoms with van der Waals surface area (Å²) >= 11 is 0. The molecule has 0 saturated carbocycles. The number of anilines is 1. The molecule has 0 saturated heterocycles. The van der Waals surface area contributed by atoms with Crippen molar-refractivity contribution < 1.29 is 4.79 Å². The van der Waals surface area contributed by atoms with Gasteiger partial charge in [0.25, 0.3) is 5.91 Å². The van der Waals surface area contributed by atoms with Crippen molar-refractivity contribution >= 4 is 11.6 Å². The minimum absolute atomic E-state index is 0.230. The summed E-state index contributed by atoms with van der Waals surface area (Å²) in [4.78, 5) is 11.8. The number of terminal acetylenes is 1. The second-order valence-corrected chi connectivity index (χ2v) is 4.13. The third-order valence-electron chi connectivity index (χ3n) is 2.63. The molecule has 98 valence electrons. The number of nitrogen functional groups attached to an aromatic ring is 1. The molecule has 1 heterocycles. The van der Waals surface area contributed by atoms with Crippen LogP contribution in [0.1, 0.15) is 48.8 Å². The number of nitrogens with two attached hydrogens (primary N) is 1. The lowest BCUT2D eigenvalue weighted by Crippen LogP contribution is -2.25. The zero-order chi connectivity index (χ0) is 13.4. The monoisotopic (exact) mass is 248 g/mol. The maximum atomic E-state index is 11.8. The third-order valence-corrected chi connectivity index (χ3v) is 2.63. The fourth-order valence-corrected chi connectivity index (χ4v) is 1.64. The minimum atomic E-state index is -0.230. The molecule has 0 fully saturated rings. The average molecular weight is 248 g/mol. The SMILES string of the molecule is C#CCCCCNC(=O)c1n[nH]c(CCC)c1N. The standard InChI is InChI=1S/C13H20N4O/c1-3-5-6-7-9-15-13(18)12-11(14)10(8-4-2)16-17-12/h1H,4-9,14H2,2H3,(H,15,18)(H,16,17). The molecular weight excluding hydrogens is 228 g/mol. The molecule has 0 spiro atoms. The maximum absolute atomic E-state index is 11.8. The van der Waals surface area contributed by atoms with E-state index < -0.39 is 0 Å². The Morgan fingerprint density at radius 3 is 3.00 bits per heavy atom. The summed E-state index contributed by atoms with van der Waals surface area (Å²) in [7, 11) is 0. The van der Waals surface area contributed by atoms with Crippen LogP contribution in [0, 0.1) is 12.3 Å². The van der Waals surface area contributed by atoms with Gasteiger partial charge in [0.15, 0.2) is 5.69 Å². The van der Waals surface area contributed by atoms with Crippen molar-refractivity contribution in [1.82, 2.24) is 15.5 Å². The molecule has 0 unspecified atom stereocenters. The maximum Gasteiger partial charge on any atom is 0.273 e. The van der Waals surface area contributed by atoms with Crippen molar-refractivity contribution in [2.75, 3.05) is 12.3 Å². The van der Waals surface area contributed by atoms with E-state index in [0.29, 0.717) is 12.2 Å². The summed E-state index contributed by atoms with van der Waals surface area (Å²) < 4.78 is 0. The number of aromatic nitrogens is 2. The number of aryl methyl sites for hydroxylation is 1. The van der Waals surface area contributed by atoms with Crippen LogP contribution in [-0.4, -0.2) is 22.6 Å². The summed E-state index contributed by atoms with van der Waals surface area (Å²) in [5, 5.41) is 9.54. The van der Waals surface area contributed by atoms with Gasteiger partial charge in [0, 0.05) is 13.0 Å². The number of amides is 1. The van der Waals surface area contributed by atoms with Gasteiger partial charge in [-0.3, -0.25) is 9.89 Å². The highest BCUT2D eigenvalue weighted by atomic mass is 16.1. The number of H-pyrrole nitrogens is 1. The van der Waals surface area contributed by atoms with Crippen molar-refractivity contribution in [3.05, 3.63) is 11.4 Å². The molecule has 0 aromatic carbocycles.